The number of carbonyl (C=O) groups is 1. The van der Waals surface area contributed by atoms with Crippen LogP contribution in [0.25, 0.3) is 0 Å². The molecule has 4 nitrogen and oxygen atoms in total. The van der Waals surface area contributed by atoms with E-state index in [1.165, 1.54) is 0 Å². The molecule has 0 spiro atoms. The maximum absolute atomic E-state index is 14.1. The summed E-state index contributed by atoms with van der Waals surface area (Å²) in [6, 6.07) is 28.4. The monoisotopic (exact) mass is 519 g/mol. The highest BCUT2D eigenvalue weighted by Gasteiger charge is 2.48. The van der Waals surface area contributed by atoms with Crippen molar-refractivity contribution in [2.24, 2.45) is 0 Å². The van der Waals surface area contributed by atoms with Crippen molar-refractivity contribution in [2.75, 3.05) is 33.7 Å². The lowest BCUT2D eigenvalue weighted by Crippen LogP contribution is -2.61. The average Bonchev–Trinajstić information content (AvgIpc) is 2.91. The zero-order valence-electron chi connectivity index (χ0n) is 22.5. The van der Waals surface area contributed by atoms with Gasteiger partial charge in [-0.3, -0.25) is 4.79 Å². The molecule has 196 valence electrons. The van der Waals surface area contributed by atoms with E-state index in [0.717, 1.165) is 40.8 Å². The fourth-order valence-electron chi connectivity index (χ4n) is 6.13. The molecule has 0 aromatic heterocycles. The lowest BCUT2D eigenvalue weighted by atomic mass is 9.70. The molecule has 3 aromatic carbocycles. The van der Waals surface area contributed by atoms with Crippen molar-refractivity contribution in [3.05, 3.63) is 107 Å². The molecule has 0 atom stereocenters. The maximum atomic E-state index is 14.1. The summed E-state index contributed by atoms with van der Waals surface area (Å²) < 4.78 is 0.873. The van der Waals surface area contributed by atoms with Crippen LogP contribution in [-0.2, 0) is 15.8 Å². The zero-order chi connectivity index (χ0) is 26.7. The van der Waals surface area contributed by atoms with E-state index < -0.39 is 11.0 Å². The normalized spacial score (nSPS) is 22.1. The molecule has 1 amide bonds. The Labute approximate surface area is 227 Å². The molecule has 1 aliphatic rings. The third-order valence-corrected chi connectivity index (χ3v) is 8.91. The highest BCUT2D eigenvalue weighted by Crippen LogP contribution is 2.42. The second kappa shape index (κ2) is 11.0. The second-order valence-electron chi connectivity index (χ2n) is 11.1. The zero-order valence-corrected chi connectivity index (χ0v) is 23.3. The van der Waals surface area contributed by atoms with E-state index in [1.54, 1.807) is 4.90 Å². The van der Waals surface area contributed by atoms with Crippen LogP contribution in [0.15, 0.2) is 84.9 Å². The minimum atomic E-state index is -0.851. The lowest BCUT2D eigenvalue weighted by Gasteiger charge is -2.51. The van der Waals surface area contributed by atoms with Crippen molar-refractivity contribution in [1.82, 2.24) is 4.90 Å². The summed E-state index contributed by atoms with van der Waals surface area (Å²) in [5, 5.41) is 12.3. The predicted molar refractivity (Wildman–Crippen MR) is 152 cm³/mol. The largest absolute Gasteiger partial charge is 0.385 e. The van der Waals surface area contributed by atoms with Gasteiger partial charge in [0.1, 0.15) is 11.0 Å². The molecule has 4 rings (SSSR count). The first kappa shape index (κ1) is 27.4. The van der Waals surface area contributed by atoms with Gasteiger partial charge in [-0.2, -0.15) is 0 Å². The number of quaternary nitrogens is 1. The number of halogens is 1. The van der Waals surface area contributed by atoms with Gasteiger partial charge in [0.15, 0.2) is 0 Å². The van der Waals surface area contributed by atoms with Gasteiger partial charge in [-0.15, -0.1) is 0 Å². The summed E-state index contributed by atoms with van der Waals surface area (Å²) in [6.07, 6.45) is 2.05. The van der Waals surface area contributed by atoms with Crippen LogP contribution in [0.4, 0.5) is 0 Å². The van der Waals surface area contributed by atoms with E-state index in [0.29, 0.717) is 30.3 Å². The molecule has 0 bridgehead atoms. The number of likely N-dealkylation sites (tertiary alicyclic amines) is 1. The highest BCUT2D eigenvalue weighted by atomic mass is 35.5. The molecule has 0 unspecified atom stereocenters. The Morgan fingerprint density at radius 3 is 1.84 bits per heavy atom. The molecular weight excluding hydrogens is 480 g/mol. The summed E-state index contributed by atoms with van der Waals surface area (Å²) in [6.45, 7) is 7.09. The number of amides is 1. The Balaban J connectivity index is 1.69. The third kappa shape index (κ3) is 5.34. The van der Waals surface area contributed by atoms with E-state index in [4.69, 9.17) is 11.6 Å². The predicted octanol–water partition coefficient (Wildman–Crippen LogP) is 6.01. The number of hydrogen-bond acceptors (Lipinski definition) is 2. The first-order valence-corrected chi connectivity index (χ1v) is 13.7. The van der Waals surface area contributed by atoms with Gasteiger partial charge in [-0.05, 0) is 42.7 Å². The van der Waals surface area contributed by atoms with Crippen molar-refractivity contribution in [2.45, 2.75) is 50.2 Å². The molecule has 5 heteroatoms. The Kier molecular flexibility index (Phi) is 8.13. The van der Waals surface area contributed by atoms with Crippen LogP contribution in [0.1, 0.15) is 49.8 Å². The highest BCUT2D eigenvalue weighted by molar-refractivity contribution is 6.30. The Bertz CT molecular complexity index is 1130. The number of rotatable bonds is 8. The van der Waals surface area contributed by atoms with Gasteiger partial charge in [0.25, 0.3) is 0 Å². The van der Waals surface area contributed by atoms with Crippen molar-refractivity contribution in [1.29, 1.82) is 0 Å². The molecular formula is C32H40ClN2O2+. The van der Waals surface area contributed by atoms with Gasteiger partial charge < -0.3 is 14.5 Å². The molecule has 1 aliphatic heterocycles. The van der Waals surface area contributed by atoms with Crippen molar-refractivity contribution >= 4 is 17.5 Å². The SMILES string of the molecule is CC(C)[N+]1(CCC(C(=O)N(C)C)(c2ccccc2)c2ccccc2)CCC(O)(c2ccc(Cl)cc2)CC1. The summed E-state index contributed by atoms with van der Waals surface area (Å²) >= 11 is 6.10. The van der Waals surface area contributed by atoms with Gasteiger partial charge in [0, 0.05) is 38.4 Å². The molecule has 0 saturated carbocycles. The van der Waals surface area contributed by atoms with Crippen molar-refractivity contribution < 1.29 is 14.4 Å². The number of aliphatic hydroxyl groups is 1. The van der Waals surface area contributed by atoms with Gasteiger partial charge in [-0.25, -0.2) is 0 Å². The average molecular weight is 520 g/mol. The van der Waals surface area contributed by atoms with Gasteiger partial charge in [0.2, 0.25) is 5.91 Å². The van der Waals surface area contributed by atoms with E-state index >= 15 is 0 Å². The fourth-order valence-corrected chi connectivity index (χ4v) is 6.25. The molecule has 0 aliphatic carbocycles. The molecule has 1 heterocycles. The van der Waals surface area contributed by atoms with Crippen molar-refractivity contribution in [3.63, 3.8) is 0 Å². The minimum Gasteiger partial charge on any atom is -0.385 e. The van der Waals surface area contributed by atoms with E-state index in [-0.39, 0.29) is 5.91 Å². The molecule has 0 radical (unpaired) electrons. The molecule has 1 saturated heterocycles. The topological polar surface area (TPSA) is 40.5 Å². The number of hydrogen-bond donors (Lipinski definition) is 1. The van der Waals surface area contributed by atoms with Crippen LogP contribution in [0.2, 0.25) is 5.02 Å². The Hall–Kier alpha value is -2.66. The summed E-state index contributed by atoms with van der Waals surface area (Å²) in [5.41, 5.74) is 1.35. The number of benzene rings is 3. The standard InChI is InChI=1S/C32H40ClN2O2/c1-25(2)35(22-19-31(37,20-23-35)26-15-17-29(33)18-16-26)24-21-32(30(36)34(3)4,27-11-7-5-8-12-27)28-13-9-6-10-14-28/h5-18,25,37H,19-24H2,1-4H3/q+1. The van der Waals surface area contributed by atoms with Crippen molar-refractivity contribution in [3.8, 4) is 0 Å². The number of carbonyl (C=O) groups excluding carboxylic acids is 1. The van der Waals surface area contributed by atoms with Gasteiger partial charge >= 0.3 is 0 Å². The van der Waals surface area contributed by atoms with Gasteiger partial charge in [-0.1, -0.05) is 84.4 Å². The fraction of sp³-hybridized carbons (Fsp3) is 0.406. The van der Waals surface area contributed by atoms with Crippen LogP contribution >= 0.6 is 11.6 Å². The summed E-state index contributed by atoms with van der Waals surface area (Å²) in [4.78, 5) is 15.8. The van der Waals surface area contributed by atoms with Crippen LogP contribution < -0.4 is 0 Å². The number of likely N-dealkylation sites (N-methyl/N-ethyl adjacent to an activating group) is 1. The Morgan fingerprint density at radius 1 is 0.919 bits per heavy atom. The minimum absolute atomic E-state index is 0.0986. The van der Waals surface area contributed by atoms with Crippen LogP contribution in [0.3, 0.4) is 0 Å². The van der Waals surface area contributed by atoms with Crippen LogP contribution in [0.5, 0.6) is 0 Å². The third-order valence-electron chi connectivity index (χ3n) is 8.66. The van der Waals surface area contributed by atoms with Crippen LogP contribution in [-0.4, -0.2) is 60.2 Å². The lowest BCUT2D eigenvalue weighted by molar-refractivity contribution is -0.954. The smallest absolute Gasteiger partial charge is 0.237 e. The van der Waals surface area contributed by atoms with E-state index in [2.05, 4.69) is 38.1 Å². The number of piperidine rings is 1. The van der Waals surface area contributed by atoms with E-state index in [9.17, 15) is 9.90 Å². The molecule has 1 N–H and O–H groups in total. The maximum Gasteiger partial charge on any atom is 0.237 e. The Morgan fingerprint density at radius 2 is 1.41 bits per heavy atom. The molecule has 1 fully saturated rings. The summed E-state index contributed by atoms with van der Waals surface area (Å²) in [7, 11) is 3.70. The quantitative estimate of drug-likeness (QED) is 0.370. The molecule has 37 heavy (non-hydrogen) atoms. The first-order valence-electron chi connectivity index (χ1n) is 13.3. The second-order valence-corrected chi connectivity index (χ2v) is 11.5. The first-order chi connectivity index (χ1) is 17.6. The van der Waals surface area contributed by atoms with E-state index in [1.807, 2.05) is 74.8 Å². The number of nitrogens with zero attached hydrogens (tertiary/aromatic N) is 2. The van der Waals surface area contributed by atoms with Gasteiger partial charge in [0.05, 0.1) is 25.7 Å². The summed E-state index contributed by atoms with van der Waals surface area (Å²) in [5.74, 6) is 0.0986. The van der Waals surface area contributed by atoms with Crippen LogP contribution in [0, 0.1) is 0 Å². The molecule has 3 aromatic rings.